The Labute approximate surface area is 102 Å². The van der Waals surface area contributed by atoms with Gasteiger partial charge in [0.25, 0.3) is 0 Å². The Kier molecular flexibility index (Phi) is 10.0. The number of hydrogen-bond acceptors (Lipinski definition) is 2. The fourth-order valence-electron chi connectivity index (χ4n) is 1.80. The largest absolute Gasteiger partial charge is 0.381 e. The minimum atomic E-state index is 0.661. The van der Waals surface area contributed by atoms with E-state index in [0.717, 1.165) is 25.0 Å². The first kappa shape index (κ1) is 15.9. The van der Waals surface area contributed by atoms with Crippen molar-refractivity contribution in [2.24, 2.45) is 11.8 Å². The molecule has 0 aromatic carbocycles. The molecule has 1 atom stereocenters. The standard InChI is InChI=1S/C14H31NO/c1-12(2)8-10-16-9-6-7-14(15-5)11-13(3)4/h12-15H,6-11H2,1-5H3. The van der Waals surface area contributed by atoms with Gasteiger partial charge in [-0.25, -0.2) is 0 Å². The molecular formula is C14H31NO. The molecule has 0 rings (SSSR count). The van der Waals surface area contributed by atoms with Crippen molar-refractivity contribution >= 4 is 0 Å². The van der Waals surface area contributed by atoms with Crippen molar-refractivity contribution < 1.29 is 4.74 Å². The molecule has 0 aliphatic heterocycles. The molecule has 1 unspecified atom stereocenters. The third-order valence-corrected chi connectivity index (χ3v) is 2.84. The van der Waals surface area contributed by atoms with Crippen LogP contribution in [-0.4, -0.2) is 26.3 Å². The predicted octanol–water partition coefficient (Wildman–Crippen LogP) is 3.46. The molecule has 0 aliphatic carbocycles. The van der Waals surface area contributed by atoms with Gasteiger partial charge in [0.05, 0.1) is 0 Å². The maximum atomic E-state index is 5.62. The molecule has 2 nitrogen and oxygen atoms in total. The topological polar surface area (TPSA) is 21.3 Å². The zero-order valence-corrected chi connectivity index (χ0v) is 11.9. The fourth-order valence-corrected chi connectivity index (χ4v) is 1.80. The quantitative estimate of drug-likeness (QED) is 0.579. The van der Waals surface area contributed by atoms with Gasteiger partial charge in [-0.3, -0.25) is 0 Å². The summed E-state index contributed by atoms with van der Waals surface area (Å²) in [5, 5.41) is 3.39. The van der Waals surface area contributed by atoms with E-state index in [0.29, 0.717) is 6.04 Å². The van der Waals surface area contributed by atoms with Gasteiger partial charge in [0, 0.05) is 19.3 Å². The van der Waals surface area contributed by atoms with E-state index in [-0.39, 0.29) is 0 Å². The van der Waals surface area contributed by atoms with Crippen molar-refractivity contribution in [2.75, 3.05) is 20.3 Å². The summed E-state index contributed by atoms with van der Waals surface area (Å²) < 4.78 is 5.62. The molecule has 1 N–H and O–H groups in total. The molecule has 98 valence electrons. The van der Waals surface area contributed by atoms with Crippen LogP contribution in [0.1, 0.15) is 53.4 Å². The lowest BCUT2D eigenvalue weighted by Gasteiger charge is -2.18. The maximum Gasteiger partial charge on any atom is 0.0468 e. The van der Waals surface area contributed by atoms with Gasteiger partial charge < -0.3 is 10.1 Å². The van der Waals surface area contributed by atoms with Crippen LogP contribution in [0.25, 0.3) is 0 Å². The van der Waals surface area contributed by atoms with Gasteiger partial charge >= 0.3 is 0 Å². The zero-order chi connectivity index (χ0) is 12.4. The van der Waals surface area contributed by atoms with Crippen LogP contribution in [0.4, 0.5) is 0 Å². The highest BCUT2D eigenvalue weighted by Gasteiger charge is 2.07. The molecule has 0 aliphatic rings. The average molecular weight is 229 g/mol. The molecule has 0 heterocycles. The zero-order valence-electron chi connectivity index (χ0n) is 11.9. The van der Waals surface area contributed by atoms with E-state index in [1.165, 1.54) is 25.7 Å². The molecule has 0 saturated carbocycles. The van der Waals surface area contributed by atoms with Crippen LogP contribution >= 0.6 is 0 Å². The molecule has 0 bridgehead atoms. The number of ether oxygens (including phenoxy) is 1. The van der Waals surface area contributed by atoms with Gasteiger partial charge in [-0.1, -0.05) is 27.7 Å². The van der Waals surface area contributed by atoms with E-state index in [9.17, 15) is 0 Å². The van der Waals surface area contributed by atoms with E-state index in [2.05, 4.69) is 40.1 Å². The SMILES string of the molecule is CNC(CCCOCCC(C)C)CC(C)C. The summed E-state index contributed by atoms with van der Waals surface area (Å²) in [6.07, 6.45) is 4.86. The minimum absolute atomic E-state index is 0.661. The summed E-state index contributed by atoms with van der Waals surface area (Å²) in [4.78, 5) is 0. The Hall–Kier alpha value is -0.0800. The van der Waals surface area contributed by atoms with Crippen LogP contribution in [0.5, 0.6) is 0 Å². The van der Waals surface area contributed by atoms with Crippen LogP contribution in [0.3, 0.4) is 0 Å². The van der Waals surface area contributed by atoms with Crippen LogP contribution < -0.4 is 5.32 Å². The van der Waals surface area contributed by atoms with Gasteiger partial charge in [0.2, 0.25) is 0 Å². The van der Waals surface area contributed by atoms with Crippen LogP contribution in [0.15, 0.2) is 0 Å². The molecule has 0 aromatic rings. The molecule has 0 radical (unpaired) electrons. The second kappa shape index (κ2) is 10.1. The second-order valence-corrected chi connectivity index (χ2v) is 5.55. The summed E-state index contributed by atoms with van der Waals surface area (Å²) in [5.74, 6) is 1.53. The van der Waals surface area contributed by atoms with E-state index in [1.807, 2.05) is 0 Å². The van der Waals surface area contributed by atoms with Crippen molar-refractivity contribution in [1.82, 2.24) is 5.32 Å². The third kappa shape index (κ3) is 10.4. The Morgan fingerprint density at radius 2 is 1.62 bits per heavy atom. The molecule has 0 aromatic heterocycles. The summed E-state index contributed by atoms with van der Waals surface area (Å²) in [6.45, 7) is 10.9. The first-order valence-electron chi connectivity index (χ1n) is 6.81. The number of nitrogens with one attached hydrogen (secondary N) is 1. The van der Waals surface area contributed by atoms with Gasteiger partial charge in [-0.05, 0) is 44.6 Å². The normalized spacial score (nSPS) is 13.7. The van der Waals surface area contributed by atoms with E-state index < -0.39 is 0 Å². The summed E-state index contributed by atoms with van der Waals surface area (Å²) >= 11 is 0. The van der Waals surface area contributed by atoms with Gasteiger partial charge in [-0.15, -0.1) is 0 Å². The average Bonchev–Trinajstić information content (AvgIpc) is 2.20. The Morgan fingerprint density at radius 1 is 0.938 bits per heavy atom. The minimum Gasteiger partial charge on any atom is -0.381 e. The first-order valence-corrected chi connectivity index (χ1v) is 6.81. The monoisotopic (exact) mass is 229 g/mol. The smallest absolute Gasteiger partial charge is 0.0468 e. The molecule has 2 heteroatoms. The second-order valence-electron chi connectivity index (χ2n) is 5.55. The lowest BCUT2D eigenvalue weighted by atomic mass is 10.0. The first-order chi connectivity index (χ1) is 7.56. The van der Waals surface area contributed by atoms with Crippen LogP contribution in [0.2, 0.25) is 0 Å². The lowest BCUT2D eigenvalue weighted by molar-refractivity contribution is 0.117. The molecule has 0 spiro atoms. The molecule has 0 amide bonds. The summed E-state index contributed by atoms with van der Waals surface area (Å²) in [6, 6.07) is 0.661. The Morgan fingerprint density at radius 3 is 2.12 bits per heavy atom. The van der Waals surface area contributed by atoms with Crippen LogP contribution in [0, 0.1) is 11.8 Å². The highest BCUT2D eigenvalue weighted by molar-refractivity contribution is 4.66. The van der Waals surface area contributed by atoms with E-state index in [4.69, 9.17) is 4.74 Å². The van der Waals surface area contributed by atoms with Crippen molar-refractivity contribution in [2.45, 2.75) is 59.4 Å². The summed E-state index contributed by atoms with van der Waals surface area (Å²) in [5.41, 5.74) is 0. The number of rotatable bonds is 10. The predicted molar refractivity (Wildman–Crippen MR) is 71.8 cm³/mol. The Balaban J connectivity index is 3.34. The molecule has 0 saturated heterocycles. The van der Waals surface area contributed by atoms with Crippen molar-refractivity contribution in [3.63, 3.8) is 0 Å². The fraction of sp³-hybridized carbons (Fsp3) is 1.00. The van der Waals surface area contributed by atoms with Crippen molar-refractivity contribution in [3.8, 4) is 0 Å². The molecule has 16 heavy (non-hydrogen) atoms. The lowest BCUT2D eigenvalue weighted by Crippen LogP contribution is -2.27. The van der Waals surface area contributed by atoms with Crippen LogP contribution in [-0.2, 0) is 4.74 Å². The van der Waals surface area contributed by atoms with E-state index in [1.54, 1.807) is 0 Å². The highest BCUT2D eigenvalue weighted by atomic mass is 16.5. The molecular weight excluding hydrogens is 198 g/mol. The highest BCUT2D eigenvalue weighted by Crippen LogP contribution is 2.09. The van der Waals surface area contributed by atoms with Gasteiger partial charge in [-0.2, -0.15) is 0 Å². The Bertz CT molecular complexity index is 146. The van der Waals surface area contributed by atoms with Crippen molar-refractivity contribution in [3.05, 3.63) is 0 Å². The van der Waals surface area contributed by atoms with E-state index >= 15 is 0 Å². The third-order valence-electron chi connectivity index (χ3n) is 2.84. The van der Waals surface area contributed by atoms with Crippen molar-refractivity contribution in [1.29, 1.82) is 0 Å². The number of hydrogen-bond donors (Lipinski definition) is 1. The molecule has 0 fully saturated rings. The summed E-state index contributed by atoms with van der Waals surface area (Å²) in [7, 11) is 2.06. The maximum absolute atomic E-state index is 5.62. The van der Waals surface area contributed by atoms with Gasteiger partial charge in [0.1, 0.15) is 0 Å². The van der Waals surface area contributed by atoms with Gasteiger partial charge in [0.15, 0.2) is 0 Å².